The first-order valence-electron chi connectivity index (χ1n) is 6.90. The molecule has 2 aromatic rings. The Balaban J connectivity index is 2.13. The summed E-state index contributed by atoms with van der Waals surface area (Å²) in [5.41, 5.74) is 1.97. The van der Waals surface area contributed by atoms with E-state index in [1.807, 2.05) is 36.9 Å². The van der Waals surface area contributed by atoms with E-state index in [0.29, 0.717) is 4.75 Å². The lowest BCUT2D eigenvalue weighted by Crippen LogP contribution is -2.38. The molecule has 1 aliphatic rings. The number of aromatic nitrogens is 2. The highest BCUT2D eigenvalue weighted by Gasteiger charge is 2.37. The van der Waals surface area contributed by atoms with Crippen molar-refractivity contribution in [3.63, 3.8) is 0 Å². The lowest BCUT2D eigenvalue weighted by atomic mass is 9.84. The largest absolute Gasteiger partial charge is 0.324 e. The Morgan fingerprint density at radius 3 is 2.75 bits per heavy atom. The Labute approximate surface area is 133 Å². The maximum atomic E-state index is 6.40. The standard InChI is InChI=1S/C15H18Cl2N2S/c1-10(16)14-18-12-6-3-5-11(17)13(12)19(14)9-15(20-2)7-4-8-15/h3,5-6,10H,4,7-9H2,1-2H3. The molecule has 0 amide bonds. The number of imidazole rings is 1. The van der Waals surface area contributed by atoms with Crippen LogP contribution >= 0.6 is 35.0 Å². The van der Waals surface area contributed by atoms with Gasteiger partial charge in [-0.3, -0.25) is 0 Å². The number of halogens is 2. The number of fused-ring (bicyclic) bond motifs is 1. The van der Waals surface area contributed by atoms with Crippen LogP contribution < -0.4 is 0 Å². The van der Waals surface area contributed by atoms with Crippen molar-refractivity contribution in [2.45, 2.75) is 42.9 Å². The van der Waals surface area contributed by atoms with Crippen molar-refractivity contribution in [3.05, 3.63) is 29.0 Å². The Morgan fingerprint density at radius 2 is 2.20 bits per heavy atom. The molecular weight excluding hydrogens is 311 g/mol. The molecule has 1 fully saturated rings. The van der Waals surface area contributed by atoms with E-state index in [-0.39, 0.29) is 5.38 Å². The summed E-state index contributed by atoms with van der Waals surface area (Å²) in [6.45, 7) is 2.92. The predicted octanol–water partition coefficient (Wildman–Crippen LogP) is 5.28. The van der Waals surface area contributed by atoms with Crippen LogP contribution in [0.5, 0.6) is 0 Å². The maximum absolute atomic E-state index is 6.40. The highest BCUT2D eigenvalue weighted by atomic mass is 35.5. The van der Waals surface area contributed by atoms with Gasteiger partial charge in [0.2, 0.25) is 0 Å². The van der Waals surface area contributed by atoms with Gasteiger partial charge in [-0.25, -0.2) is 4.98 Å². The number of hydrogen-bond donors (Lipinski definition) is 0. The lowest BCUT2D eigenvalue weighted by Gasteiger charge is -2.41. The molecule has 1 aromatic heterocycles. The van der Waals surface area contributed by atoms with Gasteiger partial charge in [0.15, 0.2) is 0 Å². The molecule has 0 bridgehead atoms. The van der Waals surface area contributed by atoms with Gasteiger partial charge in [-0.15, -0.1) is 11.6 Å². The zero-order chi connectivity index (χ0) is 14.3. The van der Waals surface area contributed by atoms with Gasteiger partial charge < -0.3 is 4.57 Å². The highest BCUT2D eigenvalue weighted by molar-refractivity contribution is 8.00. The van der Waals surface area contributed by atoms with Crippen molar-refractivity contribution in [3.8, 4) is 0 Å². The second-order valence-corrected chi connectivity index (χ2v) is 7.86. The van der Waals surface area contributed by atoms with E-state index in [4.69, 9.17) is 23.2 Å². The van der Waals surface area contributed by atoms with Crippen LogP contribution in [0.1, 0.15) is 37.4 Å². The van der Waals surface area contributed by atoms with Gasteiger partial charge in [0.1, 0.15) is 5.82 Å². The van der Waals surface area contributed by atoms with E-state index in [0.717, 1.165) is 28.4 Å². The van der Waals surface area contributed by atoms with Gasteiger partial charge in [-0.1, -0.05) is 24.1 Å². The number of rotatable bonds is 4. The summed E-state index contributed by atoms with van der Waals surface area (Å²) >= 11 is 14.7. The van der Waals surface area contributed by atoms with Crippen molar-refractivity contribution >= 4 is 46.0 Å². The van der Waals surface area contributed by atoms with E-state index >= 15 is 0 Å². The quantitative estimate of drug-likeness (QED) is 0.711. The third-order valence-electron chi connectivity index (χ3n) is 4.25. The topological polar surface area (TPSA) is 17.8 Å². The molecule has 1 aliphatic carbocycles. The number of thioether (sulfide) groups is 1. The Kier molecular flexibility index (Phi) is 3.95. The fourth-order valence-corrected chi connectivity index (χ4v) is 4.30. The van der Waals surface area contributed by atoms with Crippen LogP contribution in [0, 0.1) is 0 Å². The molecule has 0 spiro atoms. The number of nitrogens with zero attached hydrogens (tertiary/aromatic N) is 2. The molecule has 108 valence electrons. The molecule has 2 nitrogen and oxygen atoms in total. The molecule has 0 saturated heterocycles. The Morgan fingerprint density at radius 1 is 1.45 bits per heavy atom. The van der Waals surface area contributed by atoms with Crippen LogP contribution in [0.15, 0.2) is 18.2 Å². The van der Waals surface area contributed by atoms with Crippen molar-refractivity contribution in [1.29, 1.82) is 0 Å². The van der Waals surface area contributed by atoms with Crippen molar-refractivity contribution in [1.82, 2.24) is 9.55 Å². The van der Waals surface area contributed by atoms with Crippen molar-refractivity contribution < 1.29 is 0 Å². The van der Waals surface area contributed by atoms with Crippen LogP contribution in [0.3, 0.4) is 0 Å². The first-order valence-corrected chi connectivity index (χ1v) is 8.94. The fourth-order valence-electron chi connectivity index (χ4n) is 2.91. The minimum Gasteiger partial charge on any atom is -0.324 e. The number of alkyl halides is 1. The SMILES string of the molecule is CSC1(Cn2c(C(C)Cl)nc3cccc(Cl)c32)CCC1. The summed E-state index contributed by atoms with van der Waals surface area (Å²) in [4.78, 5) is 4.69. The summed E-state index contributed by atoms with van der Waals surface area (Å²) in [5.74, 6) is 0.926. The van der Waals surface area contributed by atoms with Crippen molar-refractivity contribution in [2.75, 3.05) is 6.26 Å². The smallest absolute Gasteiger partial charge is 0.127 e. The predicted molar refractivity (Wildman–Crippen MR) is 89.1 cm³/mol. The molecule has 1 heterocycles. The molecule has 1 saturated carbocycles. The molecule has 0 N–H and O–H groups in total. The van der Waals surface area contributed by atoms with Crippen LogP contribution in [-0.4, -0.2) is 20.6 Å². The molecular formula is C15H18Cl2N2S. The van der Waals surface area contributed by atoms with Gasteiger partial charge in [-0.05, 0) is 38.2 Å². The minimum atomic E-state index is -0.113. The lowest BCUT2D eigenvalue weighted by molar-refractivity contribution is 0.321. The van der Waals surface area contributed by atoms with Crippen LogP contribution in [0.2, 0.25) is 5.02 Å². The molecule has 3 rings (SSSR count). The van der Waals surface area contributed by atoms with Crippen molar-refractivity contribution in [2.24, 2.45) is 0 Å². The Bertz CT molecular complexity index is 627. The van der Waals surface area contributed by atoms with Gasteiger partial charge >= 0.3 is 0 Å². The maximum Gasteiger partial charge on any atom is 0.127 e. The van der Waals surface area contributed by atoms with E-state index in [2.05, 4.69) is 15.8 Å². The number of hydrogen-bond acceptors (Lipinski definition) is 2. The van der Waals surface area contributed by atoms with Gasteiger partial charge in [0, 0.05) is 11.3 Å². The van der Waals surface area contributed by atoms with E-state index in [1.54, 1.807) is 0 Å². The zero-order valence-electron chi connectivity index (χ0n) is 11.7. The van der Waals surface area contributed by atoms with Crippen LogP contribution in [0.4, 0.5) is 0 Å². The number of benzene rings is 1. The van der Waals surface area contributed by atoms with Crippen LogP contribution in [0.25, 0.3) is 11.0 Å². The zero-order valence-corrected chi connectivity index (χ0v) is 14.0. The summed E-state index contributed by atoms with van der Waals surface area (Å²) in [6, 6.07) is 5.88. The highest BCUT2D eigenvalue weighted by Crippen LogP contribution is 2.45. The van der Waals surface area contributed by atoms with Gasteiger partial charge in [0.25, 0.3) is 0 Å². The van der Waals surface area contributed by atoms with Crippen LogP contribution in [-0.2, 0) is 6.54 Å². The molecule has 0 radical (unpaired) electrons. The molecule has 1 unspecified atom stereocenters. The summed E-state index contributed by atoms with van der Waals surface area (Å²) in [5, 5.41) is 0.645. The van der Waals surface area contributed by atoms with Gasteiger partial charge in [0.05, 0.1) is 21.4 Å². The van der Waals surface area contributed by atoms with E-state index in [9.17, 15) is 0 Å². The Hall–Kier alpha value is -0.380. The summed E-state index contributed by atoms with van der Waals surface area (Å²) in [6.07, 6.45) is 6.03. The second-order valence-electron chi connectivity index (χ2n) is 5.52. The fraction of sp³-hybridized carbons (Fsp3) is 0.533. The molecule has 5 heteroatoms. The average Bonchev–Trinajstić information content (AvgIpc) is 2.74. The molecule has 1 aromatic carbocycles. The third-order valence-corrected chi connectivity index (χ3v) is 6.15. The first kappa shape index (κ1) is 14.6. The minimum absolute atomic E-state index is 0.113. The normalized spacial score (nSPS) is 19.0. The van der Waals surface area contributed by atoms with E-state index < -0.39 is 0 Å². The average molecular weight is 329 g/mol. The number of para-hydroxylation sites is 1. The molecule has 20 heavy (non-hydrogen) atoms. The monoisotopic (exact) mass is 328 g/mol. The molecule has 1 atom stereocenters. The first-order chi connectivity index (χ1) is 9.56. The molecule has 0 aliphatic heterocycles. The summed E-state index contributed by atoms with van der Waals surface area (Å²) in [7, 11) is 0. The third kappa shape index (κ3) is 2.34. The van der Waals surface area contributed by atoms with E-state index in [1.165, 1.54) is 19.3 Å². The van der Waals surface area contributed by atoms with Gasteiger partial charge in [-0.2, -0.15) is 11.8 Å². The second kappa shape index (κ2) is 5.43. The summed E-state index contributed by atoms with van der Waals surface area (Å²) < 4.78 is 2.57.